The van der Waals surface area contributed by atoms with Crippen molar-refractivity contribution in [2.75, 3.05) is 0 Å². The Balaban J connectivity index is 1.87. The number of nitrogens with zero attached hydrogens (tertiary/aromatic N) is 2. The lowest BCUT2D eigenvalue weighted by atomic mass is 9.82. The van der Waals surface area contributed by atoms with Gasteiger partial charge in [-0.1, -0.05) is 13.8 Å². The average Bonchev–Trinajstić information content (AvgIpc) is 2.69. The summed E-state index contributed by atoms with van der Waals surface area (Å²) in [5, 5.41) is 7.79. The number of halogens is 3. The van der Waals surface area contributed by atoms with Crippen molar-refractivity contribution in [1.82, 2.24) is 10.2 Å². The maximum atomic E-state index is 11.9. The van der Waals surface area contributed by atoms with E-state index in [1.54, 1.807) is 0 Å². The third-order valence-corrected chi connectivity index (χ3v) is 3.23. The summed E-state index contributed by atoms with van der Waals surface area (Å²) >= 11 is 0. The topological polar surface area (TPSA) is 48.2 Å². The molecule has 1 aliphatic rings. The van der Waals surface area contributed by atoms with Crippen LogP contribution in [0.25, 0.3) is 0 Å². The number of alkyl halides is 3. The van der Waals surface area contributed by atoms with Crippen molar-refractivity contribution in [2.45, 2.75) is 57.4 Å². The summed E-state index contributed by atoms with van der Waals surface area (Å²) in [6.07, 6.45) is -3.91. The molecule has 1 aromatic rings. The van der Waals surface area contributed by atoms with Gasteiger partial charge in [-0.2, -0.15) is 0 Å². The number of hydrogen-bond donors (Lipinski definition) is 0. The Kier molecular flexibility index (Phi) is 3.61. The van der Waals surface area contributed by atoms with E-state index in [0.717, 1.165) is 6.42 Å². The van der Waals surface area contributed by atoms with Crippen molar-refractivity contribution in [3.63, 3.8) is 0 Å². The molecule has 7 heteroatoms. The quantitative estimate of drug-likeness (QED) is 0.836. The Morgan fingerprint density at radius 3 is 2.61 bits per heavy atom. The Hall–Kier alpha value is -1.11. The minimum Gasteiger partial charge on any atom is -0.425 e. The van der Waals surface area contributed by atoms with Gasteiger partial charge in [0.2, 0.25) is 11.8 Å². The fourth-order valence-corrected chi connectivity index (χ4v) is 1.84. The minimum absolute atomic E-state index is 0.109. The van der Waals surface area contributed by atoms with Crippen LogP contribution < -0.4 is 0 Å². The highest BCUT2D eigenvalue weighted by Crippen LogP contribution is 2.41. The molecule has 1 atom stereocenters. The van der Waals surface area contributed by atoms with Gasteiger partial charge in [-0.15, -0.1) is 23.4 Å². The van der Waals surface area contributed by atoms with E-state index >= 15 is 0 Å². The maximum absolute atomic E-state index is 11.9. The zero-order chi connectivity index (χ0) is 13.3. The van der Waals surface area contributed by atoms with Crippen molar-refractivity contribution in [3.05, 3.63) is 11.8 Å². The van der Waals surface area contributed by atoms with Gasteiger partial charge in [-0.3, -0.25) is 4.74 Å². The summed E-state index contributed by atoms with van der Waals surface area (Å²) in [7, 11) is 0. The number of rotatable bonds is 4. The molecule has 1 saturated carbocycles. The monoisotopic (exact) mass is 264 g/mol. The number of aromatic nitrogens is 2. The zero-order valence-corrected chi connectivity index (χ0v) is 10.2. The summed E-state index contributed by atoms with van der Waals surface area (Å²) in [6, 6.07) is 0. The van der Waals surface area contributed by atoms with Gasteiger partial charge in [0.05, 0.1) is 6.10 Å². The fourth-order valence-electron chi connectivity index (χ4n) is 1.84. The first-order chi connectivity index (χ1) is 8.39. The molecular weight excluding hydrogens is 249 g/mol. The first-order valence-electron chi connectivity index (χ1n) is 5.97. The van der Waals surface area contributed by atoms with Crippen LogP contribution in [0.4, 0.5) is 13.2 Å². The molecule has 1 aliphatic carbocycles. The average molecular weight is 264 g/mol. The molecular formula is C11H15F3N2O2. The lowest BCUT2D eigenvalue weighted by Gasteiger charge is -2.32. The van der Waals surface area contributed by atoms with Crippen molar-refractivity contribution in [1.29, 1.82) is 0 Å². The van der Waals surface area contributed by atoms with Crippen LogP contribution in [0.3, 0.4) is 0 Å². The van der Waals surface area contributed by atoms with Crippen LogP contribution >= 0.6 is 0 Å². The first-order valence-corrected chi connectivity index (χ1v) is 5.97. The van der Waals surface area contributed by atoms with Crippen LogP contribution in [0.2, 0.25) is 0 Å². The van der Waals surface area contributed by atoms with Crippen LogP contribution in [0.5, 0.6) is 0 Å². The second-order valence-corrected chi connectivity index (χ2v) is 4.64. The van der Waals surface area contributed by atoms with Crippen LogP contribution in [-0.4, -0.2) is 22.7 Å². The molecule has 0 aliphatic heterocycles. The summed E-state index contributed by atoms with van der Waals surface area (Å²) in [5.41, 5.74) is 0. The highest BCUT2D eigenvalue weighted by Gasteiger charge is 2.42. The molecule has 4 nitrogen and oxygen atoms in total. The molecule has 1 unspecified atom stereocenters. The minimum atomic E-state index is -4.56. The third-order valence-electron chi connectivity index (χ3n) is 3.23. The van der Waals surface area contributed by atoms with Gasteiger partial charge < -0.3 is 4.42 Å². The van der Waals surface area contributed by atoms with Gasteiger partial charge in [0, 0.05) is 11.8 Å². The summed E-state index contributed by atoms with van der Waals surface area (Å²) < 4.78 is 45.2. The molecule has 0 amide bonds. The molecule has 102 valence electrons. The van der Waals surface area contributed by atoms with E-state index < -0.39 is 12.5 Å². The summed E-state index contributed by atoms with van der Waals surface area (Å²) in [5.74, 6) is 1.04. The van der Waals surface area contributed by atoms with Gasteiger partial charge in [0.15, 0.2) is 0 Å². The maximum Gasteiger partial charge on any atom is 0.522 e. The van der Waals surface area contributed by atoms with E-state index in [1.807, 2.05) is 13.8 Å². The first kappa shape index (κ1) is 13.3. The number of ether oxygens (including phenoxy) is 1. The molecule has 0 saturated heterocycles. The molecule has 1 fully saturated rings. The highest BCUT2D eigenvalue weighted by atomic mass is 19.4. The molecule has 1 aromatic heterocycles. The van der Waals surface area contributed by atoms with Crippen LogP contribution in [0.1, 0.15) is 56.7 Å². The predicted molar refractivity (Wildman–Crippen MR) is 55.9 cm³/mol. The van der Waals surface area contributed by atoms with Crippen molar-refractivity contribution in [3.8, 4) is 0 Å². The highest BCUT2D eigenvalue weighted by molar-refractivity contribution is 5.01. The van der Waals surface area contributed by atoms with E-state index in [-0.39, 0.29) is 24.7 Å². The van der Waals surface area contributed by atoms with E-state index in [2.05, 4.69) is 14.9 Å². The van der Waals surface area contributed by atoms with Gasteiger partial charge in [-0.25, -0.2) is 0 Å². The van der Waals surface area contributed by atoms with Gasteiger partial charge >= 0.3 is 6.36 Å². The largest absolute Gasteiger partial charge is 0.522 e. The van der Waals surface area contributed by atoms with Crippen molar-refractivity contribution >= 4 is 0 Å². The smallest absolute Gasteiger partial charge is 0.425 e. The third kappa shape index (κ3) is 3.01. The molecule has 1 heterocycles. The molecule has 0 N–H and O–H groups in total. The lowest BCUT2D eigenvalue weighted by Crippen LogP contribution is -2.34. The summed E-state index contributed by atoms with van der Waals surface area (Å²) in [6.45, 7) is 3.97. The molecule has 0 aromatic carbocycles. The normalized spacial score (nSPS) is 25.8. The molecule has 2 rings (SSSR count). The standard InChI is InChI=1S/C11H15F3N2O2/c1-3-6(2)9-15-16-10(17-9)7-4-8(5-7)18-11(12,13)14/h6-8H,3-5H2,1-2H3. The zero-order valence-electron chi connectivity index (χ0n) is 10.2. The van der Waals surface area contributed by atoms with Crippen molar-refractivity contribution in [2.24, 2.45) is 0 Å². The van der Waals surface area contributed by atoms with Crippen LogP contribution in [0.15, 0.2) is 4.42 Å². The van der Waals surface area contributed by atoms with Gasteiger partial charge in [0.25, 0.3) is 0 Å². The van der Waals surface area contributed by atoms with E-state index in [0.29, 0.717) is 11.8 Å². The Morgan fingerprint density at radius 1 is 1.39 bits per heavy atom. The van der Waals surface area contributed by atoms with Gasteiger partial charge in [0.1, 0.15) is 0 Å². The lowest BCUT2D eigenvalue weighted by molar-refractivity contribution is -0.352. The number of hydrogen-bond acceptors (Lipinski definition) is 4. The SMILES string of the molecule is CCC(C)c1nnc(C2CC(OC(F)(F)F)C2)o1. The molecule has 0 spiro atoms. The molecule has 0 bridgehead atoms. The van der Waals surface area contributed by atoms with Crippen LogP contribution in [-0.2, 0) is 4.74 Å². The Labute approximate surface area is 103 Å². The van der Waals surface area contributed by atoms with E-state index in [1.165, 1.54) is 0 Å². The second-order valence-electron chi connectivity index (χ2n) is 4.64. The Morgan fingerprint density at radius 2 is 2.06 bits per heavy atom. The molecule has 0 radical (unpaired) electrons. The van der Waals surface area contributed by atoms with Crippen LogP contribution in [0, 0.1) is 0 Å². The van der Waals surface area contributed by atoms with Crippen molar-refractivity contribution < 1.29 is 22.3 Å². The van der Waals surface area contributed by atoms with E-state index in [9.17, 15) is 13.2 Å². The second kappa shape index (κ2) is 4.87. The van der Waals surface area contributed by atoms with Gasteiger partial charge in [-0.05, 0) is 19.3 Å². The molecule has 18 heavy (non-hydrogen) atoms. The Bertz CT molecular complexity index is 399. The summed E-state index contributed by atoms with van der Waals surface area (Å²) in [4.78, 5) is 0. The fraction of sp³-hybridized carbons (Fsp3) is 0.818. The van der Waals surface area contributed by atoms with E-state index in [4.69, 9.17) is 4.42 Å². The predicted octanol–water partition coefficient (Wildman–Crippen LogP) is 3.37.